The van der Waals surface area contributed by atoms with E-state index in [0.29, 0.717) is 11.3 Å². The van der Waals surface area contributed by atoms with Gasteiger partial charge in [0, 0.05) is 25.5 Å². The molecule has 3 aromatic rings. The molecule has 0 radical (unpaired) electrons. The molecule has 3 rings (SSSR count). The van der Waals surface area contributed by atoms with Crippen LogP contribution in [0.2, 0.25) is 0 Å². The van der Waals surface area contributed by atoms with Crippen molar-refractivity contribution < 1.29 is 9.21 Å². The van der Waals surface area contributed by atoms with Crippen LogP contribution in [0.25, 0.3) is 11.0 Å². The van der Waals surface area contributed by atoms with Crippen LogP contribution in [0, 0.1) is 6.92 Å². The Kier molecular flexibility index (Phi) is 3.52. The van der Waals surface area contributed by atoms with Gasteiger partial charge in [-0.05, 0) is 37.3 Å². The lowest BCUT2D eigenvalue weighted by atomic mass is 10.1. The van der Waals surface area contributed by atoms with Gasteiger partial charge in [0.15, 0.2) is 5.76 Å². The lowest BCUT2D eigenvalue weighted by molar-refractivity contribution is 0.101. The summed E-state index contributed by atoms with van der Waals surface area (Å²) < 4.78 is 7.57. The molecule has 0 aliphatic heterocycles. The molecule has 0 amide bonds. The molecule has 2 aromatic carbocycles. The molecular formula is C16H10Br2O2. The summed E-state index contributed by atoms with van der Waals surface area (Å²) in [6, 6.07) is 13.0. The monoisotopic (exact) mass is 392 g/mol. The highest BCUT2D eigenvalue weighted by Crippen LogP contribution is 2.29. The van der Waals surface area contributed by atoms with Gasteiger partial charge in [-0.2, -0.15) is 0 Å². The average molecular weight is 394 g/mol. The van der Waals surface area contributed by atoms with Crippen LogP contribution in [0.1, 0.15) is 21.7 Å². The van der Waals surface area contributed by atoms with Crippen LogP contribution in [-0.4, -0.2) is 5.78 Å². The van der Waals surface area contributed by atoms with E-state index in [-0.39, 0.29) is 5.78 Å². The van der Waals surface area contributed by atoms with Crippen molar-refractivity contribution in [1.29, 1.82) is 0 Å². The predicted molar refractivity (Wildman–Crippen MR) is 86.2 cm³/mol. The molecule has 2 nitrogen and oxygen atoms in total. The molecule has 20 heavy (non-hydrogen) atoms. The number of benzene rings is 2. The Morgan fingerprint density at radius 3 is 2.55 bits per heavy atom. The summed E-state index contributed by atoms with van der Waals surface area (Å²) >= 11 is 6.81. The molecule has 0 bridgehead atoms. The first-order valence-electron chi connectivity index (χ1n) is 6.05. The highest BCUT2D eigenvalue weighted by molar-refractivity contribution is 9.10. The van der Waals surface area contributed by atoms with Gasteiger partial charge in [-0.25, -0.2) is 0 Å². The first-order chi connectivity index (χ1) is 9.56. The third-order valence-corrected chi connectivity index (χ3v) is 4.18. The van der Waals surface area contributed by atoms with Gasteiger partial charge in [0.1, 0.15) is 5.58 Å². The number of carbonyl (C=O) groups excluding carboxylic acids is 1. The number of fused-ring (bicyclic) bond motifs is 1. The maximum Gasteiger partial charge on any atom is 0.228 e. The maximum absolute atomic E-state index is 12.5. The Bertz CT molecular complexity index is 818. The van der Waals surface area contributed by atoms with Gasteiger partial charge in [0.05, 0.1) is 0 Å². The fourth-order valence-corrected chi connectivity index (χ4v) is 2.93. The summed E-state index contributed by atoms with van der Waals surface area (Å²) in [5, 5.41) is 0.956. The van der Waals surface area contributed by atoms with Crippen molar-refractivity contribution in [3.8, 4) is 0 Å². The summed E-state index contributed by atoms with van der Waals surface area (Å²) in [4.78, 5) is 12.5. The molecule has 100 valence electrons. The minimum atomic E-state index is -0.101. The van der Waals surface area contributed by atoms with E-state index in [1.165, 1.54) is 0 Å². The van der Waals surface area contributed by atoms with Crippen LogP contribution in [0.5, 0.6) is 0 Å². The van der Waals surface area contributed by atoms with Crippen molar-refractivity contribution in [2.75, 3.05) is 0 Å². The fraction of sp³-hybridized carbons (Fsp3) is 0.0625. The normalized spacial score (nSPS) is 10.9. The van der Waals surface area contributed by atoms with E-state index in [1.54, 1.807) is 12.1 Å². The molecule has 0 saturated heterocycles. The van der Waals surface area contributed by atoms with Crippen LogP contribution >= 0.6 is 31.9 Å². The van der Waals surface area contributed by atoms with Crippen molar-refractivity contribution in [1.82, 2.24) is 0 Å². The highest BCUT2D eigenvalue weighted by Gasteiger charge is 2.19. The molecule has 0 spiro atoms. The minimum Gasteiger partial charge on any atom is -0.452 e. The van der Waals surface area contributed by atoms with Crippen molar-refractivity contribution in [2.24, 2.45) is 0 Å². The van der Waals surface area contributed by atoms with E-state index < -0.39 is 0 Å². The fourth-order valence-electron chi connectivity index (χ4n) is 2.17. The van der Waals surface area contributed by atoms with E-state index in [4.69, 9.17) is 4.42 Å². The molecule has 0 saturated carbocycles. The van der Waals surface area contributed by atoms with E-state index in [9.17, 15) is 4.79 Å². The van der Waals surface area contributed by atoms with Crippen molar-refractivity contribution >= 4 is 48.6 Å². The topological polar surface area (TPSA) is 30.2 Å². The zero-order valence-electron chi connectivity index (χ0n) is 10.6. The van der Waals surface area contributed by atoms with Crippen LogP contribution < -0.4 is 0 Å². The molecule has 1 heterocycles. The number of aryl methyl sites for hydroxylation is 1. The summed E-state index contributed by atoms with van der Waals surface area (Å²) in [5.41, 5.74) is 2.20. The van der Waals surface area contributed by atoms with Gasteiger partial charge in [-0.1, -0.05) is 44.0 Å². The average Bonchev–Trinajstić information content (AvgIpc) is 2.75. The number of halogens is 2. The highest BCUT2D eigenvalue weighted by atomic mass is 79.9. The zero-order valence-corrected chi connectivity index (χ0v) is 13.8. The predicted octanol–water partition coefficient (Wildman–Crippen LogP) is 5.50. The van der Waals surface area contributed by atoms with Crippen LogP contribution in [0.15, 0.2) is 55.8 Å². The van der Waals surface area contributed by atoms with Crippen LogP contribution in [0.3, 0.4) is 0 Å². The minimum absolute atomic E-state index is 0.101. The molecular weight excluding hydrogens is 384 g/mol. The van der Waals surface area contributed by atoms with Crippen LogP contribution in [0.4, 0.5) is 0 Å². The number of furan rings is 1. The standard InChI is InChI=1S/C16H10Br2O2/c1-9-13-8-12(18)5-6-14(13)20-16(9)15(19)10-3-2-4-11(17)7-10/h2-8H,1H3. The van der Waals surface area contributed by atoms with Crippen molar-refractivity contribution in [2.45, 2.75) is 6.92 Å². The molecule has 0 fully saturated rings. The summed E-state index contributed by atoms with van der Waals surface area (Å²) in [7, 11) is 0. The lowest BCUT2D eigenvalue weighted by Crippen LogP contribution is -2.01. The molecule has 0 aliphatic carbocycles. The number of ketones is 1. The zero-order chi connectivity index (χ0) is 14.3. The summed E-state index contributed by atoms with van der Waals surface area (Å²) in [5.74, 6) is 0.298. The van der Waals surface area contributed by atoms with E-state index in [2.05, 4.69) is 31.9 Å². The number of rotatable bonds is 2. The summed E-state index contributed by atoms with van der Waals surface area (Å²) in [6.45, 7) is 1.91. The third-order valence-electron chi connectivity index (χ3n) is 3.19. The second-order valence-electron chi connectivity index (χ2n) is 4.54. The number of hydrogen-bond donors (Lipinski definition) is 0. The largest absolute Gasteiger partial charge is 0.452 e. The molecule has 0 N–H and O–H groups in total. The van der Waals surface area contributed by atoms with E-state index >= 15 is 0 Å². The smallest absolute Gasteiger partial charge is 0.228 e. The van der Waals surface area contributed by atoms with E-state index in [1.807, 2.05) is 37.3 Å². The number of carbonyl (C=O) groups is 1. The first kappa shape index (κ1) is 13.6. The molecule has 4 heteroatoms. The summed E-state index contributed by atoms with van der Waals surface area (Å²) in [6.07, 6.45) is 0. The Morgan fingerprint density at radius 2 is 1.80 bits per heavy atom. The molecule has 0 aliphatic rings. The van der Waals surface area contributed by atoms with Crippen molar-refractivity contribution in [3.63, 3.8) is 0 Å². The van der Waals surface area contributed by atoms with Gasteiger partial charge in [0.2, 0.25) is 5.78 Å². The van der Waals surface area contributed by atoms with Gasteiger partial charge >= 0.3 is 0 Å². The lowest BCUT2D eigenvalue weighted by Gasteiger charge is -1.99. The Balaban J connectivity index is 2.15. The van der Waals surface area contributed by atoms with Crippen LogP contribution in [-0.2, 0) is 0 Å². The Labute approximate surface area is 133 Å². The number of hydrogen-bond acceptors (Lipinski definition) is 2. The van der Waals surface area contributed by atoms with Gasteiger partial charge in [0.25, 0.3) is 0 Å². The molecule has 0 atom stereocenters. The van der Waals surface area contributed by atoms with Gasteiger partial charge in [-0.15, -0.1) is 0 Å². The van der Waals surface area contributed by atoms with Crippen molar-refractivity contribution in [3.05, 3.63) is 68.3 Å². The quantitative estimate of drug-likeness (QED) is 0.538. The molecule has 1 aromatic heterocycles. The first-order valence-corrected chi connectivity index (χ1v) is 7.64. The van der Waals surface area contributed by atoms with Gasteiger partial charge in [-0.3, -0.25) is 4.79 Å². The second kappa shape index (κ2) is 5.19. The Morgan fingerprint density at radius 1 is 1.05 bits per heavy atom. The second-order valence-corrected chi connectivity index (χ2v) is 6.37. The SMILES string of the molecule is Cc1c(C(=O)c2cccc(Br)c2)oc2ccc(Br)cc12. The Hall–Kier alpha value is -1.39. The molecule has 0 unspecified atom stereocenters. The van der Waals surface area contributed by atoms with Gasteiger partial charge < -0.3 is 4.42 Å². The maximum atomic E-state index is 12.5. The van der Waals surface area contributed by atoms with E-state index in [0.717, 1.165) is 25.5 Å². The third kappa shape index (κ3) is 2.34.